The molecule has 0 radical (unpaired) electrons. The molecule has 1 aliphatic heterocycles. The maximum absolute atomic E-state index is 12.7. The van der Waals surface area contributed by atoms with E-state index in [-0.39, 0.29) is 26.1 Å². The van der Waals surface area contributed by atoms with Gasteiger partial charge < -0.3 is 28.0 Å². The summed E-state index contributed by atoms with van der Waals surface area (Å²) < 4.78 is 46.1. The predicted molar refractivity (Wildman–Crippen MR) is 241 cm³/mol. The second-order valence-electron chi connectivity index (χ2n) is 16.7. The maximum atomic E-state index is 12.7. The zero-order valence-electron chi connectivity index (χ0n) is 38.1. The highest BCUT2D eigenvalue weighted by Gasteiger charge is 2.36. The minimum absolute atomic E-state index is 0.00481. The number of likely N-dealkylation sites (N-methyl/N-ethyl adjacent to an activating group) is 1. The molecule has 1 fully saturated rings. The fourth-order valence-electron chi connectivity index (χ4n) is 6.30. The Bertz CT molecular complexity index is 1550. The van der Waals surface area contributed by atoms with Gasteiger partial charge in [-0.05, 0) is 89.2 Å². The number of esters is 2. The first-order valence-corrected chi connectivity index (χ1v) is 24.0. The molecular weight excluding hydrogens is 781 g/mol. The van der Waals surface area contributed by atoms with Gasteiger partial charge in [-0.3, -0.25) is 18.6 Å². The van der Waals surface area contributed by atoms with Crippen LogP contribution >= 0.6 is 7.82 Å². The number of furan rings is 1. The summed E-state index contributed by atoms with van der Waals surface area (Å²) in [6, 6.07) is 0. The largest absolute Gasteiger partial charge is 0.472 e. The number of hydrogen-bond acceptors (Lipinski definition) is 9. The number of allylic oxidation sites excluding steroid dienone is 8. The lowest BCUT2D eigenvalue weighted by Gasteiger charge is -2.24. The maximum Gasteiger partial charge on any atom is 0.472 e. The van der Waals surface area contributed by atoms with Crippen LogP contribution in [0.1, 0.15) is 139 Å². The van der Waals surface area contributed by atoms with E-state index in [4.69, 9.17) is 27.7 Å². The van der Waals surface area contributed by atoms with Gasteiger partial charge in [0.1, 0.15) is 31.3 Å². The minimum Gasteiger partial charge on any atom is -0.466 e. The van der Waals surface area contributed by atoms with Crippen molar-refractivity contribution < 1.29 is 51.2 Å². The third-order valence-electron chi connectivity index (χ3n) is 10.2. The Kier molecular flexibility index (Phi) is 27.3. The molecule has 1 N–H and O–H groups in total. The van der Waals surface area contributed by atoms with Gasteiger partial charge in [0, 0.05) is 25.7 Å². The zero-order chi connectivity index (χ0) is 44.1. The van der Waals surface area contributed by atoms with Gasteiger partial charge >= 0.3 is 19.8 Å². The molecule has 0 saturated carbocycles. The molecule has 2 heterocycles. The molecule has 0 bridgehead atoms. The number of unbranched alkanes of at least 4 members (excludes halogenated alkanes) is 5. The van der Waals surface area contributed by atoms with E-state index in [2.05, 4.69) is 76.3 Å². The molecule has 1 aromatic heterocycles. The first-order chi connectivity index (χ1) is 28.7. The lowest BCUT2D eigenvalue weighted by atomic mass is 10.0. The SMILES string of the molecule is CC/C=C\CC1OC1C/C=C\C/C=C\C/C=C\C/C=C\CCC(=O)O[C@H](COC(=O)CCCCCCCCc1oc(CCC)c(C)c1C)COP(=O)(O)OCC[N+](C)(C)C. The number of phosphoric acid groups is 1. The fourth-order valence-corrected chi connectivity index (χ4v) is 7.04. The molecule has 2 rings (SSSR count). The summed E-state index contributed by atoms with van der Waals surface area (Å²) in [5.74, 6) is 1.29. The monoisotopic (exact) mass is 861 g/mol. The first-order valence-electron chi connectivity index (χ1n) is 22.5. The fraction of sp³-hybridized carbons (Fsp3) is 0.667. The van der Waals surface area contributed by atoms with E-state index in [0.717, 1.165) is 101 Å². The molecule has 3 unspecified atom stereocenters. The molecule has 1 saturated heterocycles. The van der Waals surface area contributed by atoms with Crippen molar-refractivity contribution in [2.24, 2.45) is 0 Å². The molecular formula is C48H79NO10P+. The molecule has 60 heavy (non-hydrogen) atoms. The smallest absolute Gasteiger partial charge is 0.466 e. The van der Waals surface area contributed by atoms with E-state index >= 15 is 0 Å². The highest BCUT2D eigenvalue weighted by Crippen LogP contribution is 2.43. The average Bonchev–Trinajstić information content (AvgIpc) is 3.89. The van der Waals surface area contributed by atoms with Crippen LogP contribution < -0.4 is 0 Å². The number of aryl methyl sites for hydroxylation is 2. The summed E-state index contributed by atoms with van der Waals surface area (Å²) >= 11 is 0. The number of rotatable bonds is 35. The number of hydrogen-bond donors (Lipinski definition) is 1. The van der Waals surface area contributed by atoms with Crippen molar-refractivity contribution in [2.75, 3.05) is 47.5 Å². The van der Waals surface area contributed by atoms with Crippen molar-refractivity contribution in [1.29, 1.82) is 0 Å². The second-order valence-corrected chi connectivity index (χ2v) is 18.1. The summed E-state index contributed by atoms with van der Waals surface area (Å²) in [7, 11) is 1.39. The summed E-state index contributed by atoms with van der Waals surface area (Å²) in [5, 5.41) is 0. The number of phosphoric ester groups is 1. The Hall–Kier alpha value is -3.05. The van der Waals surface area contributed by atoms with E-state index in [9.17, 15) is 19.0 Å². The summed E-state index contributed by atoms with van der Waals surface area (Å²) in [4.78, 5) is 35.5. The standard InChI is InChI=1S/C48H78NO10P/c1-8-10-25-32-45-46(59-45)33-27-22-17-15-13-11-12-14-16-18-24-29-35-48(51)57-42(39-56-60(52,53)55-37-36-49(5,6)7)38-54-47(50)34-28-23-20-19-21-26-31-44-41(4)40(3)43(58-44)30-9-2/h10,12-15,18,22,24-25,27,42,45-46H,8-9,11,16-17,19-21,23,26,28-39H2,1-7H3/p+1/b14-12-,15-13-,24-18-,25-10-,27-22-/t42-,45?,46?/m1/s1. The molecule has 1 aliphatic rings. The predicted octanol–water partition coefficient (Wildman–Crippen LogP) is 11.1. The van der Waals surface area contributed by atoms with Crippen molar-refractivity contribution in [3.05, 3.63) is 83.4 Å². The van der Waals surface area contributed by atoms with E-state index < -0.39 is 32.5 Å². The Morgan fingerprint density at radius 3 is 1.90 bits per heavy atom. The van der Waals surface area contributed by atoms with Crippen molar-refractivity contribution in [1.82, 2.24) is 0 Å². The second kappa shape index (κ2) is 30.9. The van der Waals surface area contributed by atoms with Crippen LogP contribution in [0.15, 0.2) is 65.2 Å². The van der Waals surface area contributed by atoms with Crippen LogP contribution in [-0.2, 0) is 50.3 Å². The highest BCUT2D eigenvalue weighted by molar-refractivity contribution is 7.47. The summed E-state index contributed by atoms with van der Waals surface area (Å²) in [6.45, 7) is 8.36. The molecule has 12 heteroatoms. The molecule has 0 aromatic carbocycles. The molecule has 11 nitrogen and oxygen atoms in total. The molecule has 1 aromatic rings. The van der Waals surface area contributed by atoms with Gasteiger partial charge in [0.25, 0.3) is 0 Å². The number of carbonyl (C=O) groups excluding carboxylic acids is 2. The molecule has 0 amide bonds. The van der Waals surface area contributed by atoms with Crippen LogP contribution in [0.3, 0.4) is 0 Å². The van der Waals surface area contributed by atoms with Crippen molar-refractivity contribution in [2.45, 2.75) is 162 Å². The summed E-state index contributed by atoms with van der Waals surface area (Å²) in [5.41, 5.74) is 2.57. The third kappa shape index (κ3) is 26.3. The Labute approximate surface area is 362 Å². The normalized spacial score (nSPS) is 17.5. The number of carbonyl (C=O) groups is 2. The lowest BCUT2D eigenvalue weighted by Crippen LogP contribution is -2.37. The molecule has 0 aliphatic carbocycles. The van der Waals surface area contributed by atoms with Crippen LogP contribution in [-0.4, -0.2) is 87.1 Å². The highest BCUT2D eigenvalue weighted by atomic mass is 31.2. The molecule has 4 atom stereocenters. The minimum atomic E-state index is -4.42. The van der Waals surface area contributed by atoms with Crippen molar-refractivity contribution >= 4 is 19.8 Å². The lowest BCUT2D eigenvalue weighted by molar-refractivity contribution is -0.870. The van der Waals surface area contributed by atoms with Crippen LogP contribution in [0.5, 0.6) is 0 Å². The number of ether oxygens (including phenoxy) is 3. The van der Waals surface area contributed by atoms with E-state index in [1.807, 2.05) is 33.3 Å². The van der Waals surface area contributed by atoms with Gasteiger partial charge in [0.2, 0.25) is 0 Å². The topological polar surface area (TPSA) is 134 Å². The molecule has 340 valence electrons. The van der Waals surface area contributed by atoms with Crippen molar-refractivity contribution in [3.8, 4) is 0 Å². The van der Waals surface area contributed by atoms with Gasteiger partial charge in [0.15, 0.2) is 6.10 Å². The van der Waals surface area contributed by atoms with Gasteiger partial charge in [-0.1, -0.05) is 100 Å². The van der Waals surface area contributed by atoms with E-state index in [0.29, 0.717) is 36.1 Å². The van der Waals surface area contributed by atoms with Gasteiger partial charge in [-0.25, -0.2) is 4.57 Å². The van der Waals surface area contributed by atoms with Crippen LogP contribution in [0, 0.1) is 13.8 Å². The van der Waals surface area contributed by atoms with Crippen LogP contribution in [0.25, 0.3) is 0 Å². The first kappa shape index (κ1) is 53.1. The Balaban J connectivity index is 1.66. The van der Waals surface area contributed by atoms with E-state index in [1.54, 1.807) is 0 Å². The van der Waals surface area contributed by atoms with Gasteiger partial charge in [-0.2, -0.15) is 0 Å². The summed E-state index contributed by atoms with van der Waals surface area (Å²) in [6.07, 6.45) is 36.1. The van der Waals surface area contributed by atoms with E-state index in [1.165, 1.54) is 11.1 Å². The van der Waals surface area contributed by atoms with Crippen LogP contribution in [0.4, 0.5) is 0 Å². The van der Waals surface area contributed by atoms with Crippen molar-refractivity contribution in [3.63, 3.8) is 0 Å². The Morgan fingerprint density at radius 1 is 0.717 bits per heavy atom. The molecule has 0 spiro atoms. The van der Waals surface area contributed by atoms with Gasteiger partial charge in [0.05, 0.1) is 40.0 Å². The average molecular weight is 861 g/mol. The number of quaternary nitrogens is 1. The third-order valence-corrected chi connectivity index (χ3v) is 11.1. The van der Waals surface area contributed by atoms with Crippen LogP contribution in [0.2, 0.25) is 0 Å². The zero-order valence-corrected chi connectivity index (χ0v) is 39.0. The Morgan fingerprint density at radius 2 is 1.28 bits per heavy atom. The van der Waals surface area contributed by atoms with Gasteiger partial charge in [-0.15, -0.1) is 0 Å². The quantitative estimate of drug-likeness (QED) is 0.0175. The number of epoxide rings is 1. The number of nitrogens with zero attached hydrogens (tertiary/aromatic N) is 1.